The van der Waals surface area contributed by atoms with Crippen LogP contribution < -0.4 is 9.84 Å². The van der Waals surface area contributed by atoms with Crippen molar-refractivity contribution in [3.8, 4) is 11.8 Å². The molecule has 0 aromatic heterocycles. The predicted molar refractivity (Wildman–Crippen MR) is 60.7 cm³/mol. The maximum Gasteiger partial charge on any atom is 0.127 e. The van der Waals surface area contributed by atoms with E-state index in [0.29, 0.717) is 17.9 Å². The van der Waals surface area contributed by atoms with Gasteiger partial charge in [0.2, 0.25) is 0 Å². The Morgan fingerprint density at radius 3 is 2.82 bits per heavy atom. The van der Waals surface area contributed by atoms with E-state index in [0.717, 1.165) is 0 Å². The lowest BCUT2D eigenvalue weighted by atomic mass is 10.1. The van der Waals surface area contributed by atoms with Crippen LogP contribution in [0.2, 0.25) is 0 Å². The van der Waals surface area contributed by atoms with Gasteiger partial charge >= 0.3 is 0 Å². The van der Waals surface area contributed by atoms with Crippen LogP contribution in [0.4, 0.5) is 0 Å². The minimum Gasteiger partial charge on any atom is -0.544 e. The van der Waals surface area contributed by atoms with Crippen molar-refractivity contribution in [3.05, 3.63) is 48.1 Å². The van der Waals surface area contributed by atoms with Crippen LogP contribution in [0.1, 0.15) is 5.56 Å². The molecule has 0 aliphatic rings. The second-order valence-corrected chi connectivity index (χ2v) is 3.09. The molecular formula is C13H10NO3-. The molecule has 0 saturated carbocycles. The molecule has 0 fully saturated rings. The van der Waals surface area contributed by atoms with Gasteiger partial charge in [-0.2, -0.15) is 5.26 Å². The van der Waals surface area contributed by atoms with Crippen LogP contribution in [0.15, 0.2) is 42.5 Å². The molecule has 0 heterocycles. The Hall–Kier alpha value is -2.54. The fraction of sp³-hybridized carbons (Fsp3) is 0.0769. The summed E-state index contributed by atoms with van der Waals surface area (Å²) in [5.41, 5.74) is 0.0646. The molecule has 0 saturated heterocycles. The third-order valence-electron chi connectivity index (χ3n) is 1.92. The van der Waals surface area contributed by atoms with Crippen molar-refractivity contribution in [3.63, 3.8) is 0 Å². The first-order valence-electron chi connectivity index (χ1n) is 4.85. The summed E-state index contributed by atoms with van der Waals surface area (Å²) in [7, 11) is 0. The number of carboxylic acids is 1. The monoisotopic (exact) mass is 228 g/mol. The average molecular weight is 228 g/mol. The zero-order chi connectivity index (χ0) is 12.7. The highest BCUT2D eigenvalue weighted by Gasteiger charge is 2.02. The zero-order valence-corrected chi connectivity index (χ0v) is 9.05. The van der Waals surface area contributed by atoms with Crippen LogP contribution in [0.3, 0.4) is 0 Å². The third-order valence-corrected chi connectivity index (χ3v) is 1.92. The Morgan fingerprint density at radius 2 is 2.24 bits per heavy atom. The van der Waals surface area contributed by atoms with Crippen molar-refractivity contribution in [1.82, 2.24) is 0 Å². The molecule has 0 aliphatic heterocycles. The number of para-hydroxylation sites is 1. The van der Waals surface area contributed by atoms with Crippen LogP contribution in [-0.2, 0) is 4.79 Å². The van der Waals surface area contributed by atoms with Crippen LogP contribution in [0.5, 0.6) is 5.75 Å². The first-order valence-corrected chi connectivity index (χ1v) is 4.85. The van der Waals surface area contributed by atoms with E-state index in [1.165, 1.54) is 6.08 Å². The number of hydrogen-bond donors (Lipinski definition) is 0. The highest BCUT2D eigenvalue weighted by Crippen LogP contribution is 2.20. The molecule has 0 amide bonds. The number of ether oxygens (including phenoxy) is 1. The second-order valence-electron chi connectivity index (χ2n) is 3.09. The number of nitriles is 1. The van der Waals surface area contributed by atoms with Crippen LogP contribution in [0, 0.1) is 11.3 Å². The Bertz CT molecular complexity index is 498. The standard InChI is InChI=1S/C13H11NO3/c1-2-7-17-12-6-4-3-5-10(12)8-11(9-14)13(15)16/h2-6,8H,1,7H2,(H,15,16)/p-1/b11-8+. The number of carbonyl (C=O) groups is 1. The molecule has 4 nitrogen and oxygen atoms in total. The second kappa shape index (κ2) is 6.13. The molecule has 0 spiro atoms. The molecule has 4 heteroatoms. The average Bonchev–Trinajstić information content (AvgIpc) is 2.34. The summed E-state index contributed by atoms with van der Waals surface area (Å²) in [6.07, 6.45) is 2.79. The first kappa shape index (κ1) is 12.5. The molecule has 1 aromatic rings. The lowest BCUT2D eigenvalue weighted by Gasteiger charge is -2.07. The summed E-state index contributed by atoms with van der Waals surface area (Å²) >= 11 is 0. The van der Waals surface area contributed by atoms with Crippen molar-refractivity contribution >= 4 is 12.0 Å². The van der Waals surface area contributed by atoms with E-state index in [9.17, 15) is 9.90 Å². The maximum atomic E-state index is 10.6. The number of hydrogen-bond acceptors (Lipinski definition) is 4. The molecule has 1 rings (SSSR count). The maximum absolute atomic E-state index is 10.6. The molecule has 0 aliphatic carbocycles. The van der Waals surface area contributed by atoms with Gasteiger partial charge in [0.05, 0.1) is 11.5 Å². The minimum atomic E-state index is -1.51. The van der Waals surface area contributed by atoms with Crippen molar-refractivity contribution in [1.29, 1.82) is 5.26 Å². The van der Waals surface area contributed by atoms with Crippen molar-refractivity contribution in [2.24, 2.45) is 0 Å². The summed E-state index contributed by atoms with van der Waals surface area (Å²) in [5, 5.41) is 19.2. The van der Waals surface area contributed by atoms with Gasteiger partial charge in [-0.15, -0.1) is 0 Å². The summed E-state index contributed by atoms with van der Waals surface area (Å²) in [6, 6.07) is 8.36. The number of rotatable bonds is 5. The molecule has 86 valence electrons. The van der Waals surface area contributed by atoms with E-state index >= 15 is 0 Å². The molecule has 0 N–H and O–H groups in total. The zero-order valence-electron chi connectivity index (χ0n) is 9.05. The van der Waals surface area contributed by atoms with E-state index in [1.54, 1.807) is 36.4 Å². The van der Waals surface area contributed by atoms with Gasteiger partial charge in [-0.3, -0.25) is 0 Å². The Kier molecular flexibility index (Phi) is 4.52. The summed E-state index contributed by atoms with van der Waals surface area (Å²) < 4.78 is 5.33. The van der Waals surface area contributed by atoms with Gasteiger partial charge in [0.1, 0.15) is 18.4 Å². The van der Waals surface area contributed by atoms with Gasteiger partial charge < -0.3 is 14.6 Å². The molecule has 17 heavy (non-hydrogen) atoms. The molecule has 0 radical (unpaired) electrons. The van der Waals surface area contributed by atoms with Gasteiger partial charge in [-0.25, -0.2) is 0 Å². The fourth-order valence-electron chi connectivity index (χ4n) is 1.17. The van der Waals surface area contributed by atoms with Crippen LogP contribution >= 0.6 is 0 Å². The number of benzene rings is 1. The lowest BCUT2D eigenvalue weighted by molar-refractivity contribution is -0.298. The normalized spacial score (nSPS) is 10.4. The summed E-state index contributed by atoms with van der Waals surface area (Å²) in [4.78, 5) is 10.6. The Balaban J connectivity index is 3.09. The summed E-state index contributed by atoms with van der Waals surface area (Å²) in [5.74, 6) is -1.02. The molecule has 0 bridgehead atoms. The number of aliphatic carboxylic acids is 1. The van der Waals surface area contributed by atoms with Gasteiger partial charge in [0.25, 0.3) is 0 Å². The van der Waals surface area contributed by atoms with E-state index < -0.39 is 11.5 Å². The lowest BCUT2D eigenvalue weighted by Crippen LogP contribution is -2.23. The largest absolute Gasteiger partial charge is 0.544 e. The fourth-order valence-corrected chi connectivity index (χ4v) is 1.17. The van der Waals surface area contributed by atoms with Crippen molar-refractivity contribution < 1.29 is 14.6 Å². The smallest absolute Gasteiger partial charge is 0.127 e. The van der Waals surface area contributed by atoms with Gasteiger partial charge in [0.15, 0.2) is 0 Å². The van der Waals surface area contributed by atoms with Crippen molar-refractivity contribution in [2.75, 3.05) is 6.61 Å². The van der Waals surface area contributed by atoms with E-state index in [-0.39, 0.29) is 0 Å². The number of nitrogens with zero attached hydrogens (tertiary/aromatic N) is 1. The summed E-state index contributed by atoms with van der Waals surface area (Å²) in [6.45, 7) is 3.82. The van der Waals surface area contributed by atoms with Gasteiger partial charge in [-0.1, -0.05) is 30.9 Å². The highest BCUT2D eigenvalue weighted by molar-refractivity contribution is 5.95. The van der Waals surface area contributed by atoms with Crippen molar-refractivity contribution in [2.45, 2.75) is 0 Å². The van der Waals surface area contributed by atoms with E-state index in [4.69, 9.17) is 10.00 Å². The van der Waals surface area contributed by atoms with E-state index in [1.807, 2.05) is 0 Å². The van der Waals surface area contributed by atoms with Crippen LogP contribution in [-0.4, -0.2) is 12.6 Å². The SMILES string of the molecule is C=CCOc1ccccc1/C=C(\C#N)C(=O)[O-]. The van der Waals surface area contributed by atoms with Crippen LogP contribution in [0.25, 0.3) is 6.08 Å². The Morgan fingerprint density at radius 1 is 1.53 bits per heavy atom. The minimum absolute atomic E-state index is 0.304. The van der Waals surface area contributed by atoms with Gasteiger partial charge in [-0.05, 0) is 12.1 Å². The van der Waals surface area contributed by atoms with E-state index in [2.05, 4.69) is 6.58 Å². The topological polar surface area (TPSA) is 73.1 Å². The number of carboxylic acid groups (broad SMARTS) is 1. The highest BCUT2D eigenvalue weighted by atomic mass is 16.5. The third kappa shape index (κ3) is 3.50. The first-order chi connectivity index (χ1) is 8.19. The molecular weight excluding hydrogens is 218 g/mol. The Labute approximate surface area is 99.1 Å². The molecule has 0 unspecified atom stereocenters. The number of carbonyl (C=O) groups excluding carboxylic acids is 1. The quantitative estimate of drug-likeness (QED) is 0.426. The molecule has 0 atom stereocenters. The van der Waals surface area contributed by atoms with Gasteiger partial charge in [0, 0.05) is 5.56 Å². The molecule has 1 aromatic carbocycles. The predicted octanol–water partition coefficient (Wildman–Crippen LogP) is 0.908.